The molecule has 4 nitrogen and oxygen atoms in total. The van der Waals surface area contributed by atoms with Gasteiger partial charge < -0.3 is 4.57 Å². The van der Waals surface area contributed by atoms with Crippen molar-refractivity contribution in [3.63, 3.8) is 0 Å². The number of halogens is 2. The number of benzene rings is 1. The van der Waals surface area contributed by atoms with Crippen LogP contribution in [0.25, 0.3) is 0 Å². The standard InChI is InChI=1S/C13H16BrIN4/c1-19-7-6-17-13(19)5-4-12(18-16)10-8-9(14)2-3-11(10)15/h2-3,6-8,12,18H,4-5,16H2,1H3. The van der Waals surface area contributed by atoms with Crippen molar-refractivity contribution in [2.45, 2.75) is 18.9 Å². The second-order valence-electron chi connectivity index (χ2n) is 4.38. The first kappa shape index (κ1) is 15.0. The van der Waals surface area contributed by atoms with Crippen LogP contribution < -0.4 is 11.3 Å². The van der Waals surface area contributed by atoms with Crippen LogP contribution in [0, 0.1) is 3.57 Å². The summed E-state index contributed by atoms with van der Waals surface area (Å²) in [6, 6.07) is 6.37. The Kier molecular flexibility index (Phi) is 5.37. The van der Waals surface area contributed by atoms with Gasteiger partial charge in [0.15, 0.2) is 0 Å². The number of nitrogens with two attached hydrogens (primary N) is 1. The van der Waals surface area contributed by atoms with E-state index < -0.39 is 0 Å². The van der Waals surface area contributed by atoms with Gasteiger partial charge in [0.2, 0.25) is 0 Å². The Morgan fingerprint density at radius 2 is 2.32 bits per heavy atom. The van der Waals surface area contributed by atoms with Gasteiger partial charge in [-0.3, -0.25) is 11.3 Å². The lowest BCUT2D eigenvalue weighted by Crippen LogP contribution is -2.29. The molecular weight excluding hydrogens is 419 g/mol. The topological polar surface area (TPSA) is 55.9 Å². The fourth-order valence-corrected chi connectivity index (χ4v) is 3.11. The van der Waals surface area contributed by atoms with E-state index in [1.165, 1.54) is 9.13 Å². The zero-order chi connectivity index (χ0) is 13.8. The van der Waals surface area contributed by atoms with Crippen molar-refractivity contribution < 1.29 is 0 Å². The Labute approximate surface area is 135 Å². The number of aromatic nitrogens is 2. The minimum absolute atomic E-state index is 0.126. The van der Waals surface area contributed by atoms with E-state index in [0.29, 0.717) is 0 Å². The van der Waals surface area contributed by atoms with E-state index in [9.17, 15) is 0 Å². The monoisotopic (exact) mass is 434 g/mol. The number of aryl methyl sites for hydroxylation is 2. The number of hydrazine groups is 1. The lowest BCUT2D eigenvalue weighted by molar-refractivity contribution is 0.504. The third-order valence-corrected chi connectivity index (χ3v) is 4.59. The second kappa shape index (κ2) is 6.83. The number of rotatable bonds is 5. The molecule has 0 fully saturated rings. The molecule has 3 N–H and O–H groups in total. The summed E-state index contributed by atoms with van der Waals surface area (Å²) in [7, 11) is 2.01. The van der Waals surface area contributed by atoms with Crippen molar-refractivity contribution >= 4 is 38.5 Å². The summed E-state index contributed by atoms with van der Waals surface area (Å²) in [5.41, 5.74) is 4.12. The molecule has 1 atom stereocenters. The van der Waals surface area contributed by atoms with Crippen LogP contribution in [0.15, 0.2) is 35.1 Å². The van der Waals surface area contributed by atoms with Gasteiger partial charge in [-0.1, -0.05) is 15.9 Å². The van der Waals surface area contributed by atoms with Crippen molar-refractivity contribution in [3.8, 4) is 0 Å². The number of nitrogens with zero attached hydrogens (tertiary/aromatic N) is 2. The molecule has 1 aromatic carbocycles. The van der Waals surface area contributed by atoms with Crippen molar-refractivity contribution in [1.82, 2.24) is 15.0 Å². The minimum atomic E-state index is 0.126. The highest BCUT2D eigenvalue weighted by atomic mass is 127. The molecule has 0 bridgehead atoms. The van der Waals surface area contributed by atoms with Crippen LogP contribution in [0.5, 0.6) is 0 Å². The van der Waals surface area contributed by atoms with Gasteiger partial charge in [-0.15, -0.1) is 0 Å². The highest BCUT2D eigenvalue weighted by molar-refractivity contribution is 14.1. The van der Waals surface area contributed by atoms with E-state index >= 15 is 0 Å². The Balaban J connectivity index is 2.12. The molecule has 19 heavy (non-hydrogen) atoms. The first-order valence-electron chi connectivity index (χ1n) is 5.99. The molecule has 1 unspecified atom stereocenters. The summed E-state index contributed by atoms with van der Waals surface area (Å²) in [6.45, 7) is 0. The van der Waals surface area contributed by atoms with Crippen LogP contribution >= 0.6 is 38.5 Å². The fourth-order valence-electron chi connectivity index (χ4n) is 2.02. The first-order chi connectivity index (χ1) is 9.11. The first-order valence-corrected chi connectivity index (χ1v) is 7.86. The molecule has 2 rings (SSSR count). The summed E-state index contributed by atoms with van der Waals surface area (Å²) < 4.78 is 4.32. The number of hydrogen-bond acceptors (Lipinski definition) is 3. The molecule has 6 heteroatoms. The maximum atomic E-state index is 5.71. The summed E-state index contributed by atoms with van der Waals surface area (Å²) in [4.78, 5) is 4.34. The third-order valence-electron chi connectivity index (χ3n) is 3.11. The zero-order valence-electron chi connectivity index (χ0n) is 10.6. The van der Waals surface area contributed by atoms with Gasteiger partial charge in [-0.25, -0.2) is 4.98 Å². The van der Waals surface area contributed by atoms with Gasteiger partial charge in [-0.05, 0) is 52.8 Å². The van der Waals surface area contributed by atoms with Crippen LogP contribution in [-0.2, 0) is 13.5 Å². The van der Waals surface area contributed by atoms with Gasteiger partial charge in [-0.2, -0.15) is 0 Å². The van der Waals surface area contributed by atoms with Crippen LogP contribution in [0.3, 0.4) is 0 Å². The molecule has 2 aromatic rings. The molecule has 0 aliphatic heterocycles. The molecule has 0 radical (unpaired) electrons. The third kappa shape index (κ3) is 3.77. The number of imidazole rings is 1. The van der Waals surface area contributed by atoms with Crippen molar-refractivity contribution in [1.29, 1.82) is 0 Å². The highest BCUT2D eigenvalue weighted by Gasteiger charge is 2.14. The van der Waals surface area contributed by atoms with Crippen molar-refractivity contribution in [2.75, 3.05) is 0 Å². The highest BCUT2D eigenvalue weighted by Crippen LogP contribution is 2.26. The summed E-state index contributed by atoms with van der Waals surface area (Å²) in [5.74, 6) is 6.78. The molecule has 0 saturated heterocycles. The predicted octanol–water partition coefficient (Wildman–Crippen LogP) is 2.92. The molecule has 0 saturated carbocycles. The quantitative estimate of drug-likeness (QED) is 0.432. The summed E-state index contributed by atoms with van der Waals surface area (Å²) >= 11 is 5.85. The largest absolute Gasteiger partial charge is 0.338 e. The van der Waals surface area contributed by atoms with E-state index in [1.54, 1.807) is 0 Å². The van der Waals surface area contributed by atoms with Gasteiger partial charge in [0.05, 0.1) is 0 Å². The predicted molar refractivity (Wildman–Crippen MR) is 88.5 cm³/mol. The summed E-state index contributed by atoms with van der Waals surface area (Å²) in [6.07, 6.45) is 5.58. The van der Waals surface area contributed by atoms with E-state index in [-0.39, 0.29) is 6.04 Å². The molecule has 1 aromatic heterocycles. The van der Waals surface area contributed by atoms with Crippen LogP contribution in [0.1, 0.15) is 23.9 Å². The Morgan fingerprint density at radius 3 is 2.95 bits per heavy atom. The fraction of sp³-hybridized carbons (Fsp3) is 0.308. The van der Waals surface area contributed by atoms with Crippen LogP contribution in [0.2, 0.25) is 0 Å². The van der Waals surface area contributed by atoms with Gasteiger partial charge in [0.1, 0.15) is 5.82 Å². The molecule has 0 spiro atoms. The Bertz CT molecular complexity index is 555. The average Bonchev–Trinajstić information content (AvgIpc) is 2.80. The van der Waals surface area contributed by atoms with Gasteiger partial charge >= 0.3 is 0 Å². The minimum Gasteiger partial charge on any atom is -0.338 e. The average molecular weight is 435 g/mol. The van der Waals surface area contributed by atoms with Crippen molar-refractivity contribution in [3.05, 3.63) is 50.0 Å². The number of nitrogens with one attached hydrogen (secondary N) is 1. The molecule has 1 heterocycles. The Morgan fingerprint density at radius 1 is 1.53 bits per heavy atom. The van der Waals surface area contributed by atoms with Crippen molar-refractivity contribution in [2.24, 2.45) is 12.9 Å². The van der Waals surface area contributed by atoms with Crippen LogP contribution in [0.4, 0.5) is 0 Å². The van der Waals surface area contributed by atoms with E-state index in [4.69, 9.17) is 5.84 Å². The van der Waals surface area contributed by atoms with Crippen LogP contribution in [-0.4, -0.2) is 9.55 Å². The maximum Gasteiger partial charge on any atom is 0.108 e. The normalized spacial score (nSPS) is 12.6. The molecule has 0 aliphatic rings. The molecular formula is C13H16BrIN4. The number of hydrogen-bond donors (Lipinski definition) is 2. The zero-order valence-corrected chi connectivity index (χ0v) is 14.3. The van der Waals surface area contributed by atoms with Gasteiger partial charge in [0.25, 0.3) is 0 Å². The maximum absolute atomic E-state index is 5.71. The smallest absolute Gasteiger partial charge is 0.108 e. The van der Waals surface area contributed by atoms with E-state index in [0.717, 1.165) is 23.1 Å². The molecule has 0 aliphatic carbocycles. The molecule has 102 valence electrons. The van der Waals surface area contributed by atoms with E-state index in [2.05, 4.69) is 61.1 Å². The Hall–Kier alpha value is -0.440. The van der Waals surface area contributed by atoms with Gasteiger partial charge in [0, 0.05) is 39.9 Å². The van der Waals surface area contributed by atoms with E-state index in [1.807, 2.05) is 30.1 Å². The lowest BCUT2D eigenvalue weighted by Gasteiger charge is -2.18. The SMILES string of the molecule is Cn1ccnc1CCC(NN)c1cc(Br)ccc1I. The molecule has 0 amide bonds. The lowest BCUT2D eigenvalue weighted by atomic mass is 10.0. The second-order valence-corrected chi connectivity index (χ2v) is 6.46. The summed E-state index contributed by atoms with van der Waals surface area (Å²) in [5, 5.41) is 0.